The van der Waals surface area contributed by atoms with Crippen molar-refractivity contribution in [2.45, 2.75) is 413 Å². The SMILES string of the molecule is CC[C@H]1[C@@H](O)C2C3CC[C@H]([C@H](C)CC(=O)O)[C@@]3(C)CCC2[C@@]2(C)CC[C@@H](O)C[C@@H]12.CC[C@H]1[C@@H](OC(C)=O)C2C3CC[C@H]([C@H](C)CC(=O)O)[C@@]3(C)CCC2[C@@]2(C)CC[C@@H](C)C[C@@H]12.CC[C@H]1[C@@H](OCOC)C2C3CC[C@H]([C@H](C)C=C(OC)O[Si](C)(C)C)[C@@]3(C)CCC2[C@@]2(C)CC[C@@H](C)C[C@@H]12.CC[C@H]1[C@@H](OCOC)C2C3CC[C@H]([C@H](C)CC(=O)OC)[C@@]3(C)CCC2[C@@]2(C)CC[C@@H](C)C[C@@H]12. The molecule has 0 radical (unpaired) electrons. The Balaban J connectivity index is 0.000000149. The van der Waals surface area contributed by atoms with E-state index in [1.54, 1.807) is 28.3 Å². The number of fused-ring (bicyclic) bond motifs is 20. The highest BCUT2D eigenvalue weighted by Crippen LogP contribution is 2.76. The molecule has 16 rings (SSSR count). The van der Waals surface area contributed by atoms with Gasteiger partial charge in [0.05, 0.1) is 38.6 Å². The van der Waals surface area contributed by atoms with Crippen LogP contribution in [0.15, 0.2) is 12.0 Å². The van der Waals surface area contributed by atoms with E-state index in [0.29, 0.717) is 178 Å². The fraction of sp³-hybridized carbons (Fsp3) is 0.947. The zero-order chi connectivity index (χ0) is 95.7. The van der Waals surface area contributed by atoms with Crippen molar-refractivity contribution in [1.29, 1.82) is 0 Å². The third-order valence-corrected chi connectivity index (χ3v) is 45.9. The van der Waals surface area contributed by atoms with Gasteiger partial charge in [-0.15, -0.1) is 0 Å². The molecule has 131 heavy (non-hydrogen) atoms. The second-order valence-corrected chi connectivity index (χ2v) is 56.6. The summed E-state index contributed by atoms with van der Waals surface area (Å²) in [6, 6.07) is 0. The van der Waals surface area contributed by atoms with Crippen molar-refractivity contribution < 1.29 is 77.2 Å². The number of hydrogen-bond donors (Lipinski definition) is 4. The van der Waals surface area contributed by atoms with E-state index < -0.39 is 20.3 Å². The second-order valence-electron chi connectivity index (χ2n) is 52.2. The van der Waals surface area contributed by atoms with Crippen molar-refractivity contribution in [3.05, 3.63) is 12.0 Å². The summed E-state index contributed by atoms with van der Waals surface area (Å²) in [6.07, 6.45) is 43.0. The third kappa shape index (κ3) is 19.7. The van der Waals surface area contributed by atoms with Gasteiger partial charge in [-0.05, 0) is 414 Å². The minimum absolute atomic E-state index is 0.0315. The first-order chi connectivity index (χ1) is 61.7. The first kappa shape index (κ1) is 106. The van der Waals surface area contributed by atoms with E-state index in [1.807, 2.05) is 0 Å². The molecule has 0 aromatic carbocycles. The predicted molar refractivity (Wildman–Crippen MR) is 525 cm³/mol. The highest BCUT2D eigenvalue weighted by molar-refractivity contribution is 6.70. The second kappa shape index (κ2) is 41.8. The van der Waals surface area contributed by atoms with Crippen molar-refractivity contribution in [3.8, 4) is 0 Å². The Morgan fingerprint density at radius 3 is 1.04 bits per heavy atom. The van der Waals surface area contributed by atoms with E-state index in [9.17, 15) is 39.6 Å². The number of carboxylic acid groups (broad SMARTS) is 2. The highest BCUT2D eigenvalue weighted by Gasteiger charge is 2.72. The molecule has 16 aliphatic rings. The van der Waals surface area contributed by atoms with E-state index in [2.05, 4.69) is 157 Å². The lowest BCUT2D eigenvalue weighted by atomic mass is 9.41. The number of allylic oxidation sites excluding steroid dienone is 1. The van der Waals surface area contributed by atoms with E-state index >= 15 is 0 Å². The summed E-state index contributed by atoms with van der Waals surface area (Å²) in [5, 5.41) is 40.8. The van der Waals surface area contributed by atoms with Crippen LogP contribution in [0.25, 0.3) is 0 Å². The first-order valence-electron chi connectivity index (χ1n) is 55.0. The first-order valence-corrected chi connectivity index (χ1v) is 58.4. The van der Waals surface area contributed by atoms with Crippen LogP contribution in [-0.2, 0) is 56.8 Å². The Bertz CT molecular complexity index is 3820. The molecular weight excluding hydrogens is 1650 g/mol. The van der Waals surface area contributed by atoms with E-state index in [0.717, 1.165) is 117 Å². The van der Waals surface area contributed by atoms with Gasteiger partial charge < -0.3 is 58.0 Å². The van der Waals surface area contributed by atoms with E-state index in [4.69, 9.17) is 37.6 Å². The van der Waals surface area contributed by atoms with Crippen LogP contribution in [0, 0.1) is 227 Å². The summed E-state index contributed by atoms with van der Waals surface area (Å²) < 4.78 is 47.8. The smallest absolute Gasteiger partial charge is 0.305 e. The zero-order valence-corrected chi connectivity index (χ0v) is 89.2. The predicted octanol–water partition coefficient (Wildman–Crippen LogP) is 26.5. The van der Waals surface area contributed by atoms with Crippen molar-refractivity contribution in [2.24, 2.45) is 227 Å². The Morgan fingerprint density at radius 2 is 0.695 bits per heavy atom. The molecule has 17 heteroatoms. The molecule has 16 saturated carbocycles. The summed E-state index contributed by atoms with van der Waals surface area (Å²) in [7, 11) is 5.12. The largest absolute Gasteiger partial charge is 0.520 e. The number of ether oxygens (including phenoxy) is 7. The molecular formula is C114H196O16Si. The maximum atomic E-state index is 12.3. The lowest BCUT2D eigenvalue weighted by Gasteiger charge is -2.65. The van der Waals surface area contributed by atoms with Crippen molar-refractivity contribution in [3.63, 3.8) is 0 Å². The number of aliphatic hydroxyl groups excluding tert-OH is 2. The Labute approximate surface area is 798 Å². The molecule has 752 valence electrons. The number of rotatable bonds is 25. The fourth-order valence-corrected chi connectivity index (χ4v) is 40.2. The molecule has 0 aromatic heterocycles. The summed E-state index contributed by atoms with van der Waals surface area (Å²) in [6.45, 7) is 55.2. The van der Waals surface area contributed by atoms with Crippen molar-refractivity contribution in [1.82, 2.24) is 0 Å². The molecule has 0 amide bonds. The van der Waals surface area contributed by atoms with Crippen LogP contribution in [0.3, 0.4) is 0 Å². The Hall–Kier alpha value is -2.80. The summed E-state index contributed by atoms with van der Waals surface area (Å²) in [5.74, 6) is 16.9. The van der Waals surface area contributed by atoms with Gasteiger partial charge in [0, 0.05) is 46.3 Å². The molecule has 0 saturated heterocycles. The topological polar surface area (TPSA) is 223 Å². The molecule has 0 aliphatic heterocycles. The maximum Gasteiger partial charge on any atom is 0.305 e. The van der Waals surface area contributed by atoms with Gasteiger partial charge >= 0.3 is 23.9 Å². The molecule has 0 aromatic rings. The van der Waals surface area contributed by atoms with Gasteiger partial charge in [0.25, 0.3) is 5.95 Å². The number of carbonyl (C=O) groups excluding carboxylic acids is 2. The van der Waals surface area contributed by atoms with E-state index in [-0.39, 0.29) is 77.1 Å². The van der Waals surface area contributed by atoms with Crippen LogP contribution >= 0.6 is 0 Å². The zero-order valence-electron chi connectivity index (χ0n) is 88.2. The number of carboxylic acids is 2. The number of aliphatic hydroxyl groups is 2. The summed E-state index contributed by atoms with van der Waals surface area (Å²) in [4.78, 5) is 47.3. The molecule has 0 bridgehead atoms. The normalized spacial score (nSPS) is 48.4. The minimum Gasteiger partial charge on any atom is -0.520 e. The molecule has 16 aliphatic carbocycles. The van der Waals surface area contributed by atoms with E-state index in [1.165, 1.54) is 148 Å². The molecule has 0 spiro atoms. The van der Waals surface area contributed by atoms with Crippen LogP contribution in [0.1, 0.15) is 363 Å². The number of methoxy groups -OCH3 is 4. The molecule has 12 unspecified atom stereocenters. The third-order valence-electron chi connectivity index (χ3n) is 45.1. The van der Waals surface area contributed by atoms with Crippen LogP contribution in [0.4, 0.5) is 0 Å². The average molecular weight is 1850 g/mol. The van der Waals surface area contributed by atoms with Gasteiger partial charge in [-0.25, -0.2) is 0 Å². The number of esters is 2. The molecule has 16 nitrogen and oxygen atoms in total. The fourth-order valence-electron chi connectivity index (χ4n) is 39.4. The van der Waals surface area contributed by atoms with Crippen molar-refractivity contribution in [2.75, 3.05) is 42.0 Å². The average Bonchev–Trinajstić information content (AvgIpc) is 1.58. The standard InChI is InChI=1S/C32H58O4Si.C29H50O4.C28H46O4.C25H42O4/c1-11-23-27-18-21(2)14-16-32(27,5)26-15-17-31(4)24(22(3)19-28(34-7)36-37(8,9)10)12-13-25(31)29(26)30(23)35-20-33-6;1-8-20-24-15-18(2)11-13-29(24,5)23-12-14-28(4)21(19(3)16-25(30)32-7)9-10-22(28)26(23)27(20)33-17-31-6;1-7-19-23-14-16(2)10-12-28(23,6)22-11-13-27(5)20(17(3)15-24(30)31)8-9-21(27)25(22)26(19)32-18(4)29;1-5-16-20-13-15(26)8-10-25(20,4)19-9-11-24(3)17(14(2)12-21(27)28)6-7-18(24)22(19)23(16)29/h19,21-27,29-30H,11-18,20H2,1-10H3;18-24,26-27H,8-17H2,1-7H3;16-17,19-23,25-26H,7-15H2,1-6H3,(H,30,31);14-20,22-23,26,29H,5-13H2,1-4H3,(H,27,28)/t21-,22-,23-,24-,25?,26?,27+,29?,30-,31-,32-;18-,19-,20-,21-,22?,23?,24+,26?,27-,28-,29-;16-,17-,19-,20-,21?,22?,23+,25?,26-,27-,28-;14-,15-,16-,17-,18?,19?,20+,22?,23-,24-,25-/m1111/s1. The Kier molecular flexibility index (Phi) is 33.7. The lowest BCUT2D eigenvalue weighted by Crippen LogP contribution is -2.62. The van der Waals surface area contributed by atoms with Gasteiger partial charge in [-0.2, -0.15) is 0 Å². The monoisotopic (exact) mass is 1850 g/mol. The molecule has 4 N–H and O–H groups in total. The summed E-state index contributed by atoms with van der Waals surface area (Å²) >= 11 is 0. The lowest BCUT2D eigenvalue weighted by molar-refractivity contribution is -0.231. The minimum atomic E-state index is -1.71. The number of aliphatic carboxylic acids is 2. The molecule has 0 heterocycles. The van der Waals surface area contributed by atoms with Crippen LogP contribution in [0.2, 0.25) is 19.6 Å². The quantitative estimate of drug-likeness (QED) is 0.0289. The molecule has 16 fully saturated rings. The van der Waals surface area contributed by atoms with Gasteiger partial charge in [0.15, 0.2) is 0 Å². The van der Waals surface area contributed by atoms with Crippen molar-refractivity contribution >= 4 is 32.2 Å². The number of hydrogen-bond acceptors (Lipinski definition) is 14. The highest BCUT2D eigenvalue weighted by atomic mass is 28.4. The Morgan fingerprint density at radius 1 is 0.382 bits per heavy atom. The van der Waals surface area contributed by atoms with Crippen LogP contribution in [0.5, 0.6) is 0 Å². The number of carbonyl (C=O) groups is 4. The van der Waals surface area contributed by atoms with Gasteiger partial charge in [-0.1, -0.05) is 170 Å². The molecule has 44 atom stereocenters. The van der Waals surface area contributed by atoms with Gasteiger partial charge in [0.1, 0.15) is 19.7 Å². The maximum absolute atomic E-state index is 12.3. The van der Waals surface area contributed by atoms with Crippen LogP contribution in [-0.4, -0.2) is 125 Å². The van der Waals surface area contributed by atoms with Gasteiger partial charge in [0.2, 0.25) is 8.32 Å². The van der Waals surface area contributed by atoms with Gasteiger partial charge in [-0.3, -0.25) is 19.2 Å². The van der Waals surface area contributed by atoms with Crippen LogP contribution < -0.4 is 0 Å². The summed E-state index contributed by atoms with van der Waals surface area (Å²) in [5.41, 5.74) is 2.45.